The largest absolute Gasteiger partial charge is 2.00 e. The number of carbonyl (C=O) groups is 2. The molecule has 2 radical (unpaired) electrons. The van der Waals surface area contributed by atoms with Crippen LogP contribution < -0.4 is 9.13 Å². The molecule has 424 valence electrons. The molecule has 4 aromatic heterocycles. The summed E-state index contributed by atoms with van der Waals surface area (Å²) in [6.45, 7) is 36.3. The summed E-state index contributed by atoms with van der Waals surface area (Å²) in [5, 5.41) is 11.9. The molecule has 2 aliphatic heterocycles. The smallest absolute Gasteiger partial charge is 0.621 e. The van der Waals surface area contributed by atoms with Crippen LogP contribution in [0.5, 0.6) is 0 Å². The van der Waals surface area contributed by atoms with Crippen molar-refractivity contribution in [2.24, 2.45) is 0 Å². The number of thiophene rings is 2. The molecule has 0 fully saturated rings. The van der Waals surface area contributed by atoms with E-state index in [-0.39, 0.29) is 46.0 Å². The molecule has 8 aromatic rings. The fourth-order valence-electron chi connectivity index (χ4n) is 10.6. The predicted molar refractivity (Wildman–Crippen MR) is 324 cm³/mol. The van der Waals surface area contributed by atoms with Crippen LogP contribution in [0, 0.1) is 12.7 Å². The normalized spacial score (nSPS) is 13.1. The third-order valence-electron chi connectivity index (χ3n) is 14.6. The van der Waals surface area contributed by atoms with E-state index < -0.39 is 0 Å². The van der Waals surface area contributed by atoms with Crippen molar-refractivity contribution >= 4 is 45.9 Å². The van der Waals surface area contributed by atoms with Gasteiger partial charge in [0.05, 0.1) is 34.6 Å². The van der Waals surface area contributed by atoms with Gasteiger partial charge in [0.25, 0.3) is 12.7 Å². The van der Waals surface area contributed by atoms with Gasteiger partial charge in [-0.1, -0.05) is 196 Å². The number of nitrogens with zero attached hydrogens (tertiary/aromatic N) is 6. The predicted octanol–water partition coefficient (Wildman–Crippen LogP) is 17.9. The summed E-state index contributed by atoms with van der Waals surface area (Å²) in [7, 11) is 0. The summed E-state index contributed by atoms with van der Waals surface area (Å²) in [5.74, 6) is 2.94. The maximum Gasteiger partial charge on any atom is 2.00 e. The zero-order valence-corrected chi connectivity index (χ0v) is 52.8. The molecule has 0 unspecified atom stereocenters. The van der Waals surface area contributed by atoms with Crippen LogP contribution >= 0.6 is 22.7 Å². The molecule has 0 saturated heterocycles. The molecule has 10 rings (SSSR count). The third kappa shape index (κ3) is 13.2. The van der Waals surface area contributed by atoms with Crippen molar-refractivity contribution in [3.05, 3.63) is 221 Å². The van der Waals surface area contributed by atoms with Gasteiger partial charge in [0.1, 0.15) is 0 Å². The van der Waals surface area contributed by atoms with Crippen molar-refractivity contribution in [1.29, 1.82) is 0 Å². The summed E-state index contributed by atoms with van der Waals surface area (Å²) in [6, 6.07) is 34.2. The number of benzene rings is 4. The van der Waals surface area contributed by atoms with Crippen LogP contribution in [0.15, 0.2) is 144 Å². The van der Waals surface area contributed by atoms with Crippen molar-refractivity contribution < 1.29 is 52.9 Å². The molecule has 0 bridgehead atoms. The first kappa shape index (κ1) is 63.3. The van der Waals surface area contributed by atoms with Crippen LogP contribution in [0.3, 0.4) is 0 Å². The molecule has 0 aliphatic carbocycles. The topological polar surface area (TPSA) is 80.0 Å². The number of fused-ring (bicyclic) bond motifs is 1. The number of para-hydroxylation sites is 4. The number of carbonyl (C=O) groups excluding carboxylic acids is 2. The Morgan fingerprint density at radius 1 is 0.388 bits per heavy atom. The van der Waals surface area contributed by atoms with E-state index in [9.17, 15) is 9.59 Å². The minimum absolute atomic E-state index is 0. The van der Waals surface area contributed by atoms with E-state index in [1.807, 2.05) is 35.0 Å². The summed E-state index contributed by atoms with van der Waals surface area (Å²) in [6.07, 6.45) is 16.0. The average Bonchev–Trinajstić information content (AvgIpc) is 4.28. The number of amides is 2. The Hall–Kier alpha value is -5.84. The maximum absolute atomic E-state index is 12.1. The van der Waals surface area contributed by atoms with Gasteiger partial charge in [-0.05, 0) is 126 Å². The summed E-state index contributed by atoms with van der Waals surface area (Å²) in [5.41, 5.74) is 17.7. The summed E-state index contributed by atoms with van der Waals surface area (Å²) >= 11 is 2.91. The molecule has 2 amide bonds. The van der Waals surface area contributed by atoms with Crippen molar-refractivity contribution in [3.63, 3.8) is 0 Å². The number of hydrogen-bond donors (Lipinski definition) is 0. The molecular formula is C68H78Cu2N6O2S2+2. The second-order valence-corrected chi connectivity index (χ2v) is 24.8. The first-order valence-corrected chi connectivity index (χ1v) is 29.6. The van der Waals surface area contributed by atoms with Gasteiger partial charge >= 0.3 is 34.1 Å². The van der Waals surface area contributed by atoms with Gasteiger partial charge in [0, 0.05) is 34.5 Å². The van der Waals surface area contributed by atoms with Crippen LogP contribution in [0.4, 0.5) is 0 Å². The monoisotopic (exact) mass is 1200 g/mol. The van der Waals surface area contributed by atoms with Gasteiger partial charge < -0.3 is 20.2 Å². The van der Waals surface area contributed by atoms with Crippen LogP contribution in [0.1, 0.15) is 212 Å². The standard InChI is InChI=1S/2C27H36N2.C14H8N2O2S2.2Cu/c2*1-18(2)22-11-9-12-23(19(3)4)26(22)28-15-16-29(17-28)27-24(20(5)6)13-10-14-25(27)21(7)8;17-13-9-10(12(16-13)8-4-2-6-20-8)14(18)15-11(9)7-3-1-5-19-7;;/h2*9-16,18-21H,1-8H3;1-6H,(H2,15,16,17,18);;/q;;;2*+2/p-2. The summed E-state index contributed by atoms with van der Waals surface area (Å²) in [4.78, 5) is 25.9. The van der Waals surface area contributed by atoms with Crippen molar-refractivity contribution in [2.75, 3.05) is 0 Å². The van der Waals surface area contributed by atoms with E-state index in [4.69, 9.17) is 0 Å². The molecule has 8 nitrogen and oxygen atoms in total. The van der Waals surface area contributed by atoms with Gasteiger partial charge in [0.15, 0.2) is 0 Å². The number of aromatic nitrogens is 4. The number of hydrogen-bond acceptors (Lipinski definition) is 4. The molecule has 6 heterocycles. The Morgan fingerprint density at radius 2 is 0.650 bits per heavy atom. The summed E-state index contributed by atoms with van der Waals surface area (Å²) < 4.78 is 8.80. The molecule has 12 heteroatoms. The van der Waals surface area contributed by atoms with Gasteiger partial charge in [0.2, 0.25) is 0 Å². The second kappa shape index (κ2) is 27.3. The molecule has 2 aliphatic rings. The third-order valence-corrected chi connectivity index (χ3v) is 16.3. The van der Waals surface area contributed by atoms with E-state index in [1.54, 1.807) is 0 Å². The molecule has 80 heavy (non-hydrogen) atoms. The fraction of sp³-hybridized carbons (Fsp3) is 0.353. The van der Waals surface area contributed by atoms with E-state index in [0.29, 0.717) is 69.9 Å². The minimum Gasteiger partial charge on any atom is -0.621 e. The van der Waals surface area contributed by atoms with E-state index in [0.717, 1.165) is 9.75 Å². The van der Waals surface area contributed by atoms with Gasteiger partial charge in [-0.25, -0.2) is 0 Å². The average molecular weight is 1200 g/mol. The van der Waals surface area contributed by atoms with Gasteiger partial charge in [-0.3, -0.25) is 18.3 Å². The van der Waals surface area contributed by atoms with Crippen molar-refractivity contribution in [2.45, 2.75) is 158 Å². The van der Waals surface area contributed by atoms with E-state index in [1.165, 1.54) is 89.9 Å². The Labute approximate surface area is 506 Å². The second-order valence-electron chi connectivity index (χ2n) is 22.9. The molecule has 0 N–H and O–H groups in total. The Kier molecular flexibility index (Phi) is 21.6. The van der Waals surface area contributed by atoms with Crippen molar-refractivity contribution in [1.82, 2.24) is 9.13 Å². The fourth-order valence-corrected chi connectivity index (χ4v) is 12.0. The van der Waals surface area contributed by atoms with Crippen LogP contribution in [-0.2, 0) is 43.7 Å². The molecular weight excluding hydrogens is 1120 g/mol. The number of imidazole rings is 2. The van der Waals surface area contributed by atoms with Crippen LogP contribution in [-0.4, -0.2) is 20.9 Å². The van der Waals surface area contributed by atoms with Crippen molar-refractivity contribution in [3.8, 4) is 22.7 Å². The van der Waals surface area contributed by atoms with E-state index >= 15 is 0 Å². The Balaban J connectivity index is 0.000000194. The zero-order chi connectivity index (χ0) is 56.3. The molecule has 4 aromatic carbocycles. The SMILES string of the molecule is CC(C)c1cccc(C(C)C)c1-n1[c-][n+](-c2c(C(C)C)cccc2C(C)C)cc1.CC(C)c1cccc(C(C)C)c1-n1[c-][n+](-c2c(C(C)C)cccc2C(C)C)cc1.O=C1[N-]C(c2cccs2)=C2C(=O)[N-]C(c3cccs3)=C12.[Cu+2].[Cu+2]. The van der Waals surface area contributed by atoms with Crippen LogP contribution in [0.2, 0.25) is 0 Å². The first-order valence-electron chi connectivity index (χ1n) is 27.9. The maximum atomic E-state index is 12.1. The van der Waals surface area contributed by atoms with Gasteiger partial charge in [-0.15, -0.1) is 34.1 Å². The zero-order valence-electron chi connectivity index (χ0n) is 49.2. The molecule has 0 atom stereocenters. The quantitative estimate of drug-likeness (QED) is 0.0618. The molecule has 0 spiro atoms. The first-order chi connectivity index (χ1) is 37.2. The molecule has 0 saturated carbocycles. The van der Waals surface area contributed by atoms with Gasteiger partial charge in [-0.2, -0.15) is 0 Å². The van der Waals surface area contributed by atoms with Crippen LogP contribution in [0.25, 0.3) is 44.8 Å². The Bertz CT molecular complexity index is 2990. The Morgan fingerprint density at radius 3 is 0.887 bits per heavy atom. The van der Waals surface area contributed by atoms with E-state index in [2.05, 4.69) is 250 Å². The number of rotatable bonds is 14. The minimum atomic E-state index is -0.374.